The lowest BCUT2D eigenvalue weighted by Gasteiger charge is -2.27. The molecule has 0 bridgehead atoms. The molecule has 0 amide bonds. The van der Waals surface area contributed by atoms with Crippen molar-refractivity contribution < 1.29 is 8.83 Å². The number of para-hydroxylation sites is 1. The number of fused-ring (bicyclic) bond motifs is 9. The van der Waals surface area contributed by atoms with Crippen LogP contribution in [-0.2, 0) is 0 Å². The average molecular weight is 761 g/mol. The molecule has 0 aliphatic carbocycles. The Hall–Kier alpha value is -7.47. The van der Waals surface area contributed by atoms with Crippen LogP contribution in [0.2, 0.25) is 0 Å². The van der Waals surface area contributed by atoms with Crippen LogP contribution < -0.4 is 4.90 Å². The molecule has 9 aromatic carbocycles. The average Bonchev–Trinajstić information content (AvgIpc) is 4.02. The van der Waals surface area contributed by atoms with Crippen LogP contribution in [-0.4, -0.2) is 4.98 Å². The van der Waals surface area contributed by atoms with Crippen LogP contribution in [0.3, 0.4) is 0 Å². The van der Waals surface area contributed by atoms with E-state index in [0.29, 0.717) is 5.89 Å². The molecule has 0 aliphatic heterocycles. The fraction of sp³-hybridized carbons (Fsp3) is 0. The van der Waals surface area contributed by atoms with E-state index in [-0.39, 0.29) is 0 Å². The first-order chi connectivity index (χ1) is 28.7. The zero-order valence-electron chi connectivity index (χ0n) is 31.1. The highest BCUT2D eigenvalue weighted by molar-refractivity contribution is 7.26. The molecule has 4 nitrogen and oxygen atoms in total. The number of oxazole rings is 1. The van der Waals surface area contributed by atoms with Crippen LogP contribution in [0.15, 0.2) is 203 Å². The Balaban J connectivity index is 1.10. The lowest BCUT2D eigenvalue weighted by molar-refractivity contribution is 0.620. The summed E-state index contributed by atoms with van der Waals surface area (Å²) in [4.78, 5) is 7.43. The quantitative estimate of drug-likeness (QED) is 0.169. The van der Waals surface area contributed by atoms with Crippen LogP contribution in [0.25, 0.3) is 97.7 Å². The molecule has 5 heteroatoms. The third-order valence-electron chi connectivity index (χ3n) is 11.3. The van der Waals surface area contributed by atoms with E-state index >= 15 is 0 Å². The van der Waals surface area contributed by atoms with Crippen molar-refractivity contribution in [1.82, 2.24) is 4.98 Å². The van der Waals surface area contributed by atoms with E-state index < -0.39 is 0 Å². The zero-order chi connectivity index (χ0) is 38.2. The molecular weight excluding hydrogens is 729 g/mol. The zero-order valence-corrected chi connectivity index (χ0v) is 31.9. The van der Waals surface area contributed by atoms with E-state index in [9.17, 15) is 0 Å². The van der Waals surface area contributed by atoms with E-state index in [1.807, 2.05) is 53.8 Å². The predicted octanol–water partition coefficient (Wildman–Crippen LogP) is 15.7. The van der Waals surface area contributed by atoms with Crippen molar-refractivity contribution >= 4 is 92.4 Å². The molecule has 272 valence electrons. The number of aromatic nitrogens is 1. The summed E-state index contributed by atoms with van der Waals surface area (Å²) in [5.41, 5.74) is 11.8. The molecule has 0 aliphatic rings. The van der Waals surface area contributed by atoms with Crippen LogP contribution >= 0.6 is 11.3 Å². The fourth-order valence-corrected chi connectivity index (χ4v) is 9.78. The molecule has 3 heterocycles. The van der Waals surface area contributed by atoms with E-state index in [2.05, 4.69) is 157 Å². The van der Waals surface area contributed by atoms with Gasteiger partial charge in [-0.3, -0.25) is 0 Å². The van der Waals surface area contributed by atoms with Crippen molar-refractivity contribution in [2.45, 2.75) is 0 Å². The number of hydrogen-bond acceptors (Lipinski definition) is 5. The van der Waals surface area contributed by atoms with Crippen molar-refractivity contribution in [3.8, 4) is 33.7 Å². The highest BCUT2D eigenvalue weighted by Crippen LogP contribution is 2.50. The van der Waals surface area contributed by atoms with E-state index in [1.165, 1.54) is 31.3 Å². The number of furan rings is 1. The van der Waals surface area contributed by atoms with Gasteiger partial charge >= 0.3 is 0 Å². The van der Waals surface area contributed by atoms with Gasteiger partial charge in [-0.2, -0.15) is 0 Å². The second-order valence-corrected chi connectivity index (χ2v) is 15.7. The molecule has 0 radical (unpaired) electrons. The van der Waals surface area contributed by atoms with Gasteiger partial charge in [0.2, 0.25) is 5.89 Å². The third kappa shape index (κ3) is 5.18. The molecular formula is C53H32N2O2S. The van der Waals surface area contributed by atoms with Crippen molar-refractivity contribution in [3.05, 3.63) is 194 Å². The third-order valence-corrected chi connectivity index (χ3v) is 12.5. The molecule has 12 rings (SSSR count). The summed E-state index contributed by atoms with van der Waals surface area (Å²) in [6.07, 6.45) is 0. The Morgan fingerprint density at radius 1 is 0.448 bits per heavy atom. The van der Waals surface area contributed by atoms with Gasteiger partial charge in [0, 0.05) is 43.1 Å². The number of benzene rings is 9. The molecule has 0 unspecified atom stereocenters. The molecule has 3 aromatic heterocycles. The Kier molecular flexibility index (Phi) is 7.37. The Morgan fingerprint density at radius 2 is 1.14 bits per heavy atom. The van der Waals surface area contributed by atoms with Gasteiger partial charge in [0.1, 0.15) is 16.7 Å². The van der Waals surface area contributed by atoms with E-state index in [0.717, 1.165) is 77.6 Å². The largest absolute Gasteiger partial charge is 0.455 e. The maximum Gasteiger partial charge on any atom is 0.227 e. The van der Waals surface area contributed by atoms with Crippen LogP contribution in [0, 0.1) is 0 Å². The first kappa shape index (κ1) is 32.7. The summed E-state index contributed by atoms with van der Waals surface area (Å²) in [7, 11) is 0. The summed E-state index contributed by atoms with van der Waals surface area (Å²) >= 11 is 1.84. The molecule has 12 aromatic rings. The second kappa shape index (κ2) is 13.1. The number of nitrogens with zero attached hydrogens (tertiary/aromatic N) is 2. The Labute approximate surface area is 337 Å². The van der Waals surface area contributed by atoms with Crippen LogP contribution in [0.5, 0.6) is 0 Å². The molecule has 0 fully saturated rings. The van der Waals surface area contributed by atoms with Crippen molar-refractivity contribution in [1.29, 1.82) is 0 Å². The minimum Gasteiger partial charge on any atom is -0.455 e. The van der Waals surface area contributed by atoms with E-state index in [4.69, 9.17) is 13.8 Å². The molecule has 0 spiro atoms. The molecule has 0 saturated carbocycles. The lowest BCUT2D eigenvalue weighted by atomic mass is 9.99. The minimum atomic E-state index is 0.606. The highest BCUT2D eigenvalue weighted by atomic mass is 32.1. The minimum absolute atomic E-state index is 0.606. The van der Waals surface area contributed by atoms with Gasteiger partial charge in [-0.1, -0.05) is 133 Å². The normalized spacial score (nSPS) is 11.8. The highest BCUT2D eigenvalue weighted by Gasteiger charge is 2.25. The van der Waals surface area contributed by atoms with Gasteiger partial charge in [0.25, 0.3) is 0 Å². The number of hydrogen-bond donors (Lipinski definition) is 0. The van der Waals surface area contributed by atoms with Crippen LogP contribution in [0.4, 0.5) is 17.1 Å². The SMILES string of the molecule is c1ccc(-c2ccc(N(c3cccc4c3sc3ccccc34)c3cc4ccccc4c4oc5cc(-c6cccc7oc(-c8ccccc8)nc67)ccc5c34)cc2)cc1. The lowest BCUT2D eigenvalue weighted by Crippen LogP contribution is -2.10. The molecule has 0 N–H and O–H groups in total. The number of rotatable bonds is 6. The maximum atomic E-state index is 7.02. The summed E-state index contributed by atoms with van der Waals surface area (Å²) in [5, 5.41) is 6.82. The van der Waals surface area contributed by atoms with Crippen molar-refractivity contribution in [2.24, 2.45) is 0 Å². The fourth-order valence-electron chi connectivity index (χ4n) is 8.57. The van der Waals surface area contributed by atoms with Crippen molar-refractivity contribution in [2.75, 3.05) is 4.90 Å². The Morgan fingerprint density at radius 3 is 1.98 bits per heavy atom. The second-order valence-electron chi connectivity index (χ2n) is 14.7. The predicted molar refractivity (Wildman–Crippen MR) is 243 cm³/mol. The molecule has 0 atom stereocenters. The number of anilines is 3. The van der Waals surface area contributed by atoms with Crippen LogP contribution in [0.1, 0.15) is 0 Å². The van der Waals surface area contributed by atoms with Crippen molar-refractivity contribution in [3.63, 3.8) is 0 Å². The standard InChI is InChI=1S/C53H32N2O2S/c1-3-13-33(14-4-1)34-25-28-38(29-26-34)55(44-22-11-21-42-41-19-9-10-24-48(41)58-52(42)44)45-31-36-17-7-8-18-40(36)51-49(45)43-30-27-37(32-47(43)56-51)39-20-12-23-46-50(39)54-53(57-46)35-15-5-2-6-16-35/h1-32H. The summed E-state index contributed by atoms with van der Waals surface area (Å²) in [5.74, 6) is 0.606. The smallest absolute Gasteiger partial charge is 0.227 e. The van der Waals surface area contributed by atoms with Gasteiger partial charge in [0.15, 0.2) is 5.58 Å². The van der Waals surface area contributed by atoms with Gasteiger partial charge in [-0.25, -0.2) is 4.98 Å². The first-order valence-corrected chi connectivity index (χ1v) is 20.3. The first-order valence-electron chi connectivity index (χ1n) is 19.4. The van der Waals surface area contributed by atoms with Gasteiger partial charge in [-0.05, 0) is 82.7 Å². The topological polar surface area (TPSA) is 42.4 Å². The van der Waals surface area contributed by atoms with Gasteiger partial charge in [-0.15, -0.1) is 11.3 Å². The molecule has 58 heavy (non-hydrogen) atoms. The summed E-state index contributed by atoms with van der Waals surface area (Å²) < 4.78 is 15.8. The summed E-state index contributed by atoms with van der Waals surface area (Å²) in [6.45, 7) is 0. The summed E-state index contributed by atoms with van der Waals surface area (Å²) in [6, 6.07) is 68.5. The Bertz CT molecular complexity index is 3510. The van der Waals surface area contributed by atoms with E-state index in [1.54, 1.807) is 0 Å². The van der Waals surface area contributed by atoms with Gasteiger partial charge < -0.3 is 13.7 Å². The van der Waals surface area contributed by atoms with Gasteiger partial charge in [0.05, 0.1) is 21.5 Å². The maximum absolute atomic E-state index is 7.02. The molecule has 0 saturated heterocycles. The number of thiophene rings is 1. The monoisotopic (exact) mass is 760 g/mol.